The van der Waals surface area contributed by atoms with Crippen LogP contribution in [0, 0.1) is 6.92 Å². The Hall–Kier alpha value is -3.41. The molecule has 0 bridgehead atoms. The summed E-state index contributed by atoms with van der Waals surface area (Å²) in [6.45, 7) is 6.97. The van der Waals surface area contributed by atoms with E-state index in [2.05, 4.69) is 58.5 Å². The van der Waals surface area contributed by atoms with Gasteiger partial charge in [0.15, 0.2) is 5.82 Å². The molecule has 0 aliphatic carbocycles. The molecule has 154 valence electrons. The number of urea groups is 1. The van der Waals surface area contributed by atoms with Crippen molar-refractivity contribution in [3.63, 3.8) is 0 Å². The summed E-state index contributed by atoms with van der Waals surface area (Å²) in [5, 5.41) is 11.8. The third-order valence-electron chi connectivity index (χ3n) is 5.50. The molecule has 2 heterocycles. The van der Waals surface area contributed by atoms with Crippen molar-refractivity contribution < 1.29 is 4.79 Å². The van der Waals surface area contributed by atoms with Crippen molar-refractivity contribution >= 4 is 17.5 Å². The molecule has 2 aromatic carbocycles. The fourth-order valence-electron chi connectivity index (χ4n) is 3.54. The molecule has 0 saturated carbocycles. The first kappa shape index (κ1) is 19.9. The molecule has 2 amide bonds. The summed E-state index contributed by atoms with van der Waals surface area (Å²) in [7, 11) is 0. The molecule has 1 aromatic heterocycles. The quantitative estimate of drug-likeness (QED) is 0.705. The minimum absolute atomic E-state index is 0.0558. The second-order valence-corrected chi connectivity index (χ2v) is 7.60. The Morgan fingerprint density at radius 3 is 2.20 bits per heavy atom. The predicted molar refractivity (Wildman–Crippen MR) is 121 cm³/mol. The molecule has 4 rings (SSSR count). The van der Waals surface area contributed by atoms with Crippen LogP contribution in [0.15, 0.2) is 60.7 Å². The van der Waals surface area contributed by atoms with Gasteiger partial charge in [-0.3, -0.25) is 0 Å². The van der Waals surface area contributed by atoms with Crippen molar-refractivity contribution in [1.82, 2.24) is 15.1 Å². The number of hydrogen-bond acceptors (Lipinski definition) is 4. The van der Waals surface area contributed by atoms with Gasteiger partial charge in [0.05, 0.1) is 5.69 Å². The van der Waals surface area contributed by atoms with Crippen molar-refractivity contribution in [2.75, 3.05) is 36.4 Å². The molecule has 6 heteroatoms. The maximum absolute atomic E-state index is 12.6. The van der Waals surface area contributed by atoms with Crippen LogP contribution < -0.4 is 10.2 Å². The van der Waals surface area contributed by atoms with Gasteiger partial charge in [-0.05, 0) is 43.2 Å². The van der Waals surface area contributed by atoms with Crippen LogP contribution in [0.4, 0.5) is 16.3 Å². The van der Waals surface area contributed by atoms with Crippen molar-refractivity contribution in [2.24, 2.45) is 0 Å². The van der Waals surface area contributed by atoms with Gasteiger partial charge in [0.25, 0.3) is 0 Å². The molecule has 30 heavy (non-hydrogen) atoms. The van der Waals surface area contributed by atoms with Gasteiger partial charge in [-0.1, -0.05) is 48.9 Å². The summed E-state index contributed by atoms with van der Waals surface area (Å²) >= 11 is 0. The summed E-state index contributed by atoms with van der Waals surface area (Å²) in [6.07, 6.45) is 0.991. The summed E-state index contributed by atoms with van der Waals surface area (Å²) in [4.78, 5) is 16.6. The number of rotatable bonds is 4. The number of anilines is 2. The van der Waals surface area contributed by atoms with Gasteiger partial charge < -0.3 is 15.1 Å². The molecule has 1 aliphatic heterocycles. The fourth-order valence-corrected chi connectivity index (χ4v) is 3.54. The van der Waals surface area contributed by atoms with Crippen LogP contribution in [-0.4, -0.2) is 47.3 Å². The van der Waals surface area contributed by atoms with Gasteiger partial charge in [-0.2, -0.15) is 0 Å². The molecule has 0 atom stereocenters. The van der Waals surface area contributed by atoms with E-state index in [-0.39, 0.29) is 6.03 Å². The first-order valence-corrected chi connectivity index (χ1v) is 10.4. The standard InChI is InChI=1S/C24H27N5O/c1-3-19-6-10-21(11-7-19)25-24(30)29-16-14-28(15-17-29)23-13-12-22(26-27-23)20-8-4-18(2)5-9-20/h4-13H,3,14-17H2,1-2H3,(H,25,30). The Bertz CT molecular complexity index is 976. The average Bonchev–Trinajstić information content (AvgIpc) is 2.80. The summed E-state index contributed by atoms with van der Waals surface area (Å²) in [6, 6.07) is 20.2. The number of hydrogen-bond donors (Lipinski definition) is 1. The van der Waals surface area contributed by atoms with Crippen LogP contribution in [0.5, 0.6) is 0 Å². The van der Waals surface area contributed by atoms with Gasteiger partial charge in [-0.25, -0.2) is 4.79 Å². The van der Waals surface area contributed by atoms with Crippen molar-refractivity contribution in [3.8, 4) is 11.3 Å². The lowest BCUT2D eigenvalue weighted by Crippen LogP contribution is -2.50. The number of amides is 2. The Morgan fingerprint density at radius 2 is 1.60 bits per heavy atom. The highest BCUT2D eigenvalue weighted by Crippen LogP contribution is 2.20. The Balaban J connectivity index is 1.32. The number of benzene rings is 2. The Kier molecular flexibility index (Phi) is 5.93. The summed E-state index contributed by atoms with van der Waals surface area (Å²) < 4.78 is 0. The molecule has 1 aliphatic rings. The van der Waals surface area contributed by atoms with Crippen molar-refractivity contribution in [2.45, 2.75) is 20.3 Å². The Labute approximate surface area is 177 Å². The SMILES string of the molecule is CCc1ccc(NC(=O)N2CCN(c3ccc(-c4ccc(C)cc4)nn3)CC2)cc1. The summed E-state index contributed by atoms with van der Waals surface area (Å²) in [5.41, 5.74) is 5.25. The molecule has 0 spiro atoms. The largest absolute Gasteiger partial charge is 0.352 e. The topological polar surface area (TPSA) is 61.4 Å². The lowest BCUT2D eigenvalue weighted by atomic mass is 10.1. The summed E-state index contributed by atoms with van der Waals surface area (Å²) in [5.74, 6) is 0.848. The smallest absolute Gasteiger partial charge is 0.321 e. The monoisotopic (exact) mass is 401 g/mol. The second-order valence-electron chi connectivity index (χ2n) is 7.60. The van der Waals surface area contributed by atoms with Crippen LogP contribution in [0.3, 0.4) is 0 Å². The number of nitrogens with zero attached hydrogens (tertiary/aromatic N) is 4. The molecule has 1 N–H and O–H groups in total. The third-order valence-corrected chi connectivity index (χ3v) is 5.50. The van der Waals surface area contributed by atoms with Crippen LogP contribution in [0.25, 0.3) is 11.3 Å². The highest BCUT2D eigenvalue weighted by molar-refractivity contribution is 5.89. The molecule has 1 fully saturated rings. The van der Waals surface area contributed by atoms with E-state index in [0.717, 1.165) is 42.3 Å². The highest BCUT2D eigenvalue weighted by Gasteiger charge is 2.22. The van der Waals surface area contributed by atoms with E-state index in [4.69, 9.17) is 0 Å². The number of carbonyl (C=O) groups is 1. The fraction of sp³-hybridized carbons (Fsp3) is 0.292. The molecule has 3 aromatic rings. The van der Waals surface area contributed by atoms with E-state index in [1.165, 1.54) is 11.1 Å². The van der Waals surface area contributed by atoms with Crippen LogP contribution >= 0.6 is 0 Å². The normalized spacial score (nSPS) is 13.9. The lowest BCUT2D eigenvalue weighted by molar-refractivity contribution is 0.208. The zero-order chi connectivity index (χ0) is 20.9. The van der Waals surface area contributed by atoms with Gasteiger partial charge in [0, 0.05) is 37.4 Å². The third kappa shape index (κ3) is 4.59. The Morgan fingerprint density at radius 1 is 0.900 bits per heavy atom. The first-order valence-electron chi connectivity index (χ1n) is 10.4. The first-order chi connectivity index (χ1) is 14.6. The second kappa shape index (κ2) is 8.95. The molecular formula is C24H27N5O. The van der Waals surface area contributed by atoms with Gasteiger partial charge in [0.1, 0.15) is 0 Å². The van der Waals surface area contributed by atoms with E-state index in [1.807, 2.05) is 41.3 Å². The number of carbonyl (C=O) groups excluding carboxylic acids is 1. The van der Waals surface area contributed by atoms with Gasteiger partial charge in [0.2, 0.25) is 0 Å². The molecule has 0 unspecified atom stereocenters. The van der Waals surface area contributed by atoms with E-state index in [9.17, 15) is 4.79 Å². The van der Waals surface area contributed by atoms with E-state index in [0.29, 0.717) is 13.1 Å². The van der Waals surface area contributed by atoms with Crippen molar-refractivity contribution in [3.05, 3.63) is 71.8 Å². The van der Waals surface area contributed by atoms with Crippen LogP contribution in [0.2, 0.25) is 0 Å². The number of piperazine rings is 1. The molecular weight excluding hydrogens is 374 g/mol. The van der Waals surface area contributed by atoms with E-state index < -0.39 is 0 Å². The minimum Gasteiger partial charge on any atom is -0.352 e. The maximum atomic E-state index is 12.6. The molecule has 1 saturated heterocycles. The molecule has 6 nitrogen and oxygen atoms in total. The zero-order valence-electron chi connectivity index (χ0n) is 17.5. The van der Waals surface area contributed by atoms with Crippen molar-refractivity contribution in [1.29, 1.82) is 0 Å². The van der Waals surface area contributed by atoms with Crippen LogP contribution in [0.1, 0.15) is 18.1 Å². The molecule has 0 radical (unpaired) electrons. The van der Waals surface area contributed by atoms with Gasteiger partial charge in [-0.15, -0.1) is 10.2 Å². The zero-order valence-corrected chi connectivity index (χ0v) is 17.5. The number of nitrogens with one attached hydrogen (secondary N) is 1. The van der Waals surface area contributed by atoms with E-state index in [1.54, 1.807) is 0 Å². The number of aryl methyl sites for hydroxylation is 2. The number of aromatic nitrogens is 2. The minimum atomic E-state index is -0.0558. The average molecular weight is 402 g/mol. The highest BCUT2D eigenvalue weighted by atomic mass is 16.2. The maximum Gasteiger partial charge on any atom is 0.321 e. The van der Waals surface area contributed by atoms with Gasteiger partial charge >= 0.3 is 6.03 Å². The predicted octanol–water partition coefficient (Wildman–Crippen LogP) is 4.37. The van der Waals surface area contributed by atoms with Crippen LogP contribution in [-0.2, 0) is 6.42 Å². The lowest BCUT2D eigenvalue weighted by Gasteiger charge is -2.35. The van der Waals surface area contributed by atoms with E-state index >= 15 is 0 Å².